The first-order valence-electron chi connectivity index (χ1n) is 10.1. The number of hydrogen-bond acceptors (Lipinski definition) is 7. The van der Waals surface area contributed by atoms with E-state index in [0.717, 1.165) is 0 Å². The van der Waals surface area contributed by atoms with Gasteiger partial charge in [0, 0.05) is 17.2 Å². The second-order valence-electron chi connectivity index (χ2n) is 7.16. The maximum atomic E-state index is 13.8. The van der Waals surface area contributed by atoms with E-state index in [2.05, 4.69) is 9.97 Å². The normalized spacial score (nSPS) is 10.6. The lowest BCUT2D eigenvalue weighted by molar-refractivity contribution is 0.298. The maximum Gasteiger partial charge on any atom is 0.221 e. The van der Waals surface area contributed by atoms with Crippen molar-refractivity contribution in [2.75, 3.05) is 12.8 Å². The average molecular weight is 447 g/mol. The number of methoxy groups -OCH3 is 1. The minimum Gasteiger partial charge on any atom is -0.507 e. The number of aromatic nitrogens is 2. The molecule has 0 aliphatic heterocycles. The molecule has 7 nitrogen and oxygen atoms in total. The number of ether oxygens (including phenoxy) is 3. The van der Waals surface area contributed by atoms with Crippen LogP contribution in [-0.4, -0.2) is 22.2 Å². The van der Waals surface area contributed by atoms with E-state index in [0.29, 0.717) is 45.5 Å². The Morgan fingerprint density at radius 2 is 1.70 bits per heavy atom. The summed E-state index contributed by atoms with van der Waals surface area (Å²) in [6, 6.07) is 18.2. The third-order valence-corrected chi connectivity index (χ3v) is 4.91. The molecule has 0 aliphatic carbocycles. The van der Waals surface area contributed by atoms with Crippen LogP contribution in [0.1, 0.15) is 11.3 Å². The van der Waals surface area contributed by atoms with Crippen molar-refractivity contribution in [1.82, 2.24) is 9.97 Å². The van der Waals surface area contributed by atoms with Crippen molar-refractivity contribution in [3.8, 4) is 40.0 Å². The summed E-state index contributed by atoms with van der Waals surface area (Å²) >= 11 is 0. The molecule has 33 heavy (non-hydrogen) atoms. The number of phenolic OH excluding ortho intramolecular Hbond substituents is 1. The van der Waals surface area contributed by atoms with Crippen molar-refractivity contribution in [1.29, 1.82) is 0 Å². The second-order valence-corrected chi connectivity index (χ2v) is 7.16. The van der Waals surface area contributed by atoms with Crippen LogP contribution in [0.3, 0.4) is 0 Å². The van der Waals surface area contributed by atoms with Crippen molar-refractivity contribution in [2.24, 2.45) is 0 Å². The summed E-state index contributed by atoms with van der Waals surface area (Å²) in [5, 5.41) is 10.7. The summed E-state index contributed by atoms with van der Waals surface area (Å²) in [5.41, 5.74) is 7.46. The molecule has 0 atom stereocenters. The van der Waals surface area contributed by atoms with E-state index in [-0.39, 0.29) is 24.1 Å². The lowest BCUT2D eigenvalue weighted by Gasteiger charge is -2.16. The molecule has 0 spiro atoms. The summed E-state index contributed by atoms with van der Waals surface area (Å²) in [6.45, 7) is 1.75. The van der Waals surface area contributed by atoms with Crippen molar-refractivity contribution >= 4 is 5.95 Å². The topological polar surface area (TPSA) is 99.7 Å². The number of hydrogen-bond donors (Lipinski definition) is 2. The minimum absolute atomic E-state index is 0.0210. The molecular weight excluding hydrogens is 425 g/mol. The van der Waals surface area contributed by atoms with Gasteiger partial charge in [0.25, 0.3) is 0 Å². The van der Waals surface area contributed by atoms with Gasteiger partial charge in [-0.25, -0.2) is 14.4 Å². The molecule has 3 aromatic carbocycles. The van der Waals surface area contributed by atoms with E-state index in [9.17, 15) is 9.50 Å². The highest BCUT2D eigenvalue weighted by atomic mass is 19.1. The smallest absolute Gasteiger partial charge is 0.221 e. The molecule has 0 unspecified atom stereocenters. The molecule has 0 fully saturated rings. The summed E-state index contributed by atoms with van der Waals surface area (Å²) in [5.74, 6) is 1.25. The Morgan fingerprint density at radius 3 is 2.42 bits per heavy atom. The fourth-order valence-electron chi connectivity index (χ4n) is 3.28. The molecule has 4 aromatic rings. The fourth-order valence-corrected chi connectivity index (χ4v) is 3.28. The van der Waals surface area contributed by atoms with E-state index in [4.69, 9.17) is 19.9 Å². The van der Waals surface area contributed by atoms with Crippen LogP contribution >= 0.6 is 0 Å². The van der Waals surface area contributed by atoms with Gasteiger partial charge in [-0.3, -0.25) is 0 Å². The van der Waals surface area contributed by atoms with E-state index in [1.807, 2.05) is 12.1 Å². The molecule has 0 amide bonds. The number of halogens is 1. The Hall–Kier alpha value is -4.33. The molecule has 0 saturated heterocycles. The minimum atomic E-state index is -0.358. The monoisotopic (exact) mass is 447 g/mol. The lowest BCUT2D eigenvalue weighted by Crippen LogP contribution is -2.03. The van der Waals surface area contributed by atoms with E-state index in [1.54, 1.807) is 56.5 Å². The predicted octanol–water partition coefficient (Wildman–Crippen LogP) is 5.26. The van der Waals surface area contributed by atoms with Crippen LogP contribution in [0.4, 0.5) is 10.3 Å². The average Bonchev–Trinajstić information content (AvgIpc) is 2.80. The molecule has 168 valence electrons. The summed E-state index contributed by atoms with van der Waals surface area (Å²) in [4.78, 5) is 8.49. The zero-order valence-electron chi connectivity index (χ0n) is 18.1. The van der Waals surface area contributed by atoms with Gasteiger partial charge in [-0.15, -0.1) is 0 Å². The molecule has 0 radical (unpaired) electrons. The number of phenols is 1. The van der Waals surface area contributed by atoms with Crippen LogP contribution in [0.5, 0.6) is 28.7 Å². The van der Waals surface area contributed by atoms with Crippen LogP contribution in [0, 0.1) is 12.7 Å². The first-order chi connectivity index (χ1) is 16.0. The van der Waals surface area contributed by atoms with Gasteiger partial charge in [0.15, 0.2) is 17.2 Å². The number of rotatable bonds is 7. The third kappa shape index (κ3) is 4.79. The van der Waals surface area contributed by atoms with Crippen LogP contribution in [0.25, 0.3) is 11.3 Å². The summed E-state index contributed by atoms with van der Waals surface area (Å²) in [7, 11) is 1.54. The zero-order chi connectivity index (χ0) is 23.4. The summed E-state index contributed by atoms with van der Waals surface area (Å²) < 4.78 is 30.9. The Kier molecular flexibility index (Phi) is 6.26. The third-order valence-electron chi connectivity index (χ3n) is 4.91. The number of nitrogens with zero attached hydrogens (tertiary/aromatic N) is 2. The van der Waals surface area contributed by atoms with Gasteiger partial charge in [-0.2, -0.15) is 0 Å². The summed E-state index contributed by atoms with van der Waals surface area (Å²) in [6.07, 6.45) is 0. The van der Waals surface area contributed by atoms with Crippen molar-refractivity contribution in [3.05, 3.63) is 83.8 Å². The van der Waals surface area contributed by atoms with E-state index < -0.39 is 0 Å². The van der Waals surface area contributed by atoms with Gasteiger partial charge < -0.3 is 25.1 Å². The Morgan fingerprint density at radius 1 is 0.970 bits per heavy atom. The van der Waals surface area contributed by atoms with Gasteiger partial charge in [0.1, 0.15) is 29.6 Å². The molecular formula is C25H22FN3O4. The molecule has 0 saturated carbocycles. The van der Waals surface area contributed by atoms with Gasteiger partial charge in [-0.05, 0) is 37.3 Å². The first kappa shape index (κ1) is 21.9. The predicted molar refractivity (Wildman–Crippen MR) is 122 cm³/mol. The number of aromatic hydroxyl groups is 1. The van der Waals surface area contributed by atoms with Crippen LogP contribution < -0.4 is 19.9 Å². The molecule has 8 heteroatoms. The van der Waals surface area contributed by atoms with Crippen molar-refractivity contribution in [3.63, 3.8) is 0 Å². The molecule has 0 aliphatic rings. The molecule has 1 heterocycles. The maximum absolute atomic E-state index is 13.8. The van der Waals surface area contributed by atoms with Crippen molar-refractivity contribution in [2.45, 2.75) is 13.5 Å². The Labute approximate surface area is 190 Å². The first-order valence-corrected chi connectivity index (χ1v) is 10.1. The van der Waals surface area contributed by atoms with Crippen molar-refractivity contribution < 1.29 is 23.7 Å². The zero-order valence-corrected chi connectivity index (χ0v) is 18.1. The Balaban J connectivity index is 1.66. The number of nitrogens with two attached hydrogens (primary N) is 1. The largest absolute Gasteiger partial charge is 0.507 e. The fraction of sp³-hybridized carbons (Fsp3) is 0.120. The standard InChI is InChI=1S/C25H22FN3O4/c1-15-24(33-22-10-6-5-9-21(22)31-2)23(29-25(27)28-15)18-12-11-17(13-20(18)30)32-14-16-7-3-4-8-19(16)26/h3-13,30H,14H2,1-2H3,(H2,27,28,29). The quantitative estimate of drug-likeness (QED) is 0.399. The second kappa shape index (κ2) is 9.44. The van der Waals surface area contributed by atoms with E-state index >= 15 is 0 Å². The highest BCUT2D eigenvalue weighted by Gasteiger charge is 2.20. The number of benzene rings is 3. The van der Waals surface area contributed by atoms with Gasteiger partial charge >= 0.3 is 0 Å². The number of anilines is 1. The van der Waals surface area contributed by atoms with Gasteiger partial charge in [0.05, 0.1) is 12.8 Å². The van der Waals surface area contributed by atoms with Gasteiger partial charge in [0.2, 0.25) is 5.95 Å². The highest BCUT2D eigenvalue weighted by molar-refractivity contribution is 5.75. The Bertz CT molecular complexity index is 1300. The lowest BCUT2D eigenvalue weighted by atomic mass is 10.1. The molecule has 0 bridgehead atoms. The highest BCUT2D eigenvalue weighted by Crippen LogP contribution is 2.41. The number of nitrogen functional groups attached to an aromatic ring is 1. The SMILES string of the molecule is COc1ccccc1Oc1c(C)nc(N)nc1-c1ccc(OCc2ccccc2F)cc1O. The van der Waals surface area contributed by atoms with Crippen LogP contribution in [-0.2, 0) is 6.61 Å². The molecule has 1 aromatic heterocycles. The van der Waals surface area contributed by atoms with Gasteiger partial charge in [-0.1, -0.05) is 30.3 Å². The number of aryl methyl sites for hydroxylation is 1. The van der Waals surface area contributed by atoms with Crippen LogP contribution in [0.2, 0.25) is 0 Å². The molecule has 4 rings (SSSR count). The molecule has 3 N–H and O–H groups in total. The number of para-hydroxylation sites is 2. The van der Waals surface area contributed by atoms with Crippen LogP contribution in [0.15, 0.2) is 66.7 Å². The van der Waals surface area contributed by atoms with E-state index in [1.165, 1.54) is 12.1 Å².